The van der Waals surface area contributed by atoms with E-state index in [0.29, 0.717) is 6.08 Å². The molecule has 0 saturated carbocycles. The van der Waals surface area contributed by atoms with Gasteiger partial charge in [0.05, 0.1) is 19.6 Å². The van der Waals surface area contributed by atoms with Crippen molar-refractivity contribution in [3.63, 3.8) is 0 Å². The number of hydrogen-bond acceptors (Lipinski definition) is 10. The number of halogens is 12. The van der Waals surface area contributed by atoms with Crippen LogP contribution in [0.3, 0.4) is 0 Å². The predicted octanol–water partition coefficient (Wildman–Crippen LogP) is 3.04. The lowest BCUT2D eigenvalue weighted by Crippen LogP contribution is -2.41. The summed E-state index contributed by atoms with van der Waals surface area (Å²) < 4.78 is 156. The second-order valence-corrected chi connectivity index (χ2v) is 6.40. The molecule has 0 aromatic rings. The molecule has 0 radical (unpaired) electrons. The van der Waals surface area contributed by atoms with Crippen molar-refractivity contribution in [1.29, 1.82) is 0 Å². The van der Waals surface area contributed by atoms with E-state index in [4.69, 9.17) is 0 Å². The largest absolute Gasteiger partial charge is 0.455 e. The average Bonchev–Trinajstić information content (AvgIpc) is 2.71. The molecule has 0 atom stereocenters. The first-order valence-electron chi connectivity index (χ1n) is 9.18. The summed E-state index contributed by atoms with van der Waals surface area (Å²) in [7, 11) is 0. The zero-order chi connectivity index (χ0) is 30.4. The van der Waals surface area contributed by atoms with Crippen molar-refractivity contribution in [2.45, 2.75) is 24.7 Å². The highest BCUT2D eigenvalue weighted by atomic mass is 19.4. The quantitative estimate of drug-likeness (QED) is 0.161. The fraction of sp³-hybridized carbons (Fsp3) is 0.647. The third-order valence-corrected chi connectivity index (χ3v) is 2.79. The molecule has 0 aliphatic carbocycles. The molecule has 0 saturated heterocycles. The zero-order valence-corrected chi connectivity index (χ0v) is 19.2. The lowest BCUT2D eigenvalue weighted by Gasteiger charge is -2.20. The maximum Gasteiger partial charge on any atom is 0.422 e. The molecule has 22 heteroatoms. The number of ether oxygens (including phenoxy) is 4. The summed E-state index contributed by atoms with van der Waals surface area (Å²) in [5, 5.41) is 0. The summed E-state index contributed by atoms with van der Waals surface area (Å²) in [6, 6.07) is 0. The molecule has 39 heavy (non-hydrogen) atoms. The number of rotatable bonds is 11. The minimum atomic E-state index is -4.92. The predicted molar refractivity (Wildman–Crippen MR) is 99.7 cm³/mol. The van der Waals surface area contributed by atoms with Gasteiger partial charge in [-0.05, 0) is 0 Å². The molecule has 10 nitrogen and oxygen atoms in total. The lowest BCUT2D eigenvalue weighted by atomic mass is 10.4. The van der Waals surface area contributed by atoms with E-state index >= 15 is 0 Å². The number of hydrogen-bond donors (Lipinski definition) is 1. The van der Waals surface area contributed by atoms with Gasteiger partial charge < -0.3 is 25.1 Å². The summed E-state index contributed by atoms with van der Waals surface area (Å²) in [5.41, 5.74) is 0. The van der Waals surface area contributed by atoms with Crippen LogP contribution in [0.4, 0.5) is 52.7 Å². The van der Waals surface area contributed by atoms with E-state index in [-0.39, 0.29) is 11.1 Å². The smallest absolute Gasteiger partial charge is 0.422 e. The Kier molecular flexibility index (Phi) is 17.9. The molecule has 0 rings (SSSR count). The van der Waals surface area contributed by atoms with E-state index in [0.717, 1.165) is 0 Å². The van der Waals surface area contributed by atoms with Gasteiger partial charge in [-0.25, -0.2) is 4.79 Å². The molecule has 0 aromatic carbocycles. The van der Waals surface area contributed by atoms with E-state index in [1.165, 1.54) is 0 Å². The number of alkyl halides is 12. The highest BCUT2D eigenvalue weighted by Crippen LogP contribution is 2.17. The first-order chi connectivity index (χ1) is 16.9. The van der Waals surface area contributed by atoms with Gasteiger partial charge in [-0.2, -0.15) is 52.7 Å². The molecule has 230 valence electrons. The van der Waals surface area contributed by atoms with Crippen molar-refractivity contribution in [3.05, 3.63) is 12.7 Å². The molecule has 0 spiro atoms. The van der Waals surface area contributed by atoms with Gasteiger partial charge in [0.1, 0.15) is 0 Å². The fourth-order valence-electron chi connectivity index (χ4n) is 1.55. The maximum atomic E-state index is 11.9. The van der Waals surface area contributed by atoms with E-state index in [1.54, 1.807) is 0 Å². The fourth-order valence-corrected chi connectivity index (χ4v) is 1.55. The topological polar surface area (TPSA) is 143 Å². The van der Waals surface area contributed by atoms with Crippen LogP contribution in [0, 0.1) is 0 Å². The van der Waals surface area contributed by atoms with Crippen LogP contribution in [0.25, 0.3) is 0 Å². The summed E-state index contributed by atoms with van der Waals surface area (Å²) in [6.07, 6.45) is -18.5. The van der Waals surface area contributed by atoms with Crippen LogP contribution < -0.4 is 6.15 Å². The molecular weight excluding hydrogens is 588 g/mol. The number of carbonyl (C=O) groups excluding carboxylic acids is 4. The van der Waals surface area contributed by atoms with Gasteiger partial charge in [0.25, 0.3) is 0 Å². The summed E-state index contributed by atoms with van der Waals surface area (Å²) in [5.74, 6) is -6.06. The standard InChI is InChI=1S/C12H12F9NO6.C5H5F3O2.H3N/c13-10(14,15)4-26-7(23)1-22(2-8(24)27-5-11(16,17)18)3-9(25)28-6-12(19,20)21;1-2-4(9)10-3-5(6,7)8;/h1-6H2;2H,1,3H2;1H3. The number of nitrogens with zero attached hydrogens (tertiary/aromatic N) is 1. The van der Waals surface area contributed by atoms with Crippen molar-refractivity contribution < 1.29 is 90.8 Å². The molecule has 0 aromatic heterocycles. The average molecular weight is 608 g/mol. The van der Waals surface area contributed by atoms with Gasteiger partial charge in [-0.1, -0.05) is 6.58 Å². The highest BCUT2D eigenvalue weighted by molar-refractivity contribution is 5.81. The minimum Gasteiger partial charge on any atom is -0.455 e. The van der Waals surface area contributed by atoms with Crippen molar-refractivity contribution in [3.8, 4) is 0 Å². The third-order valence-electron chi connectivity index (χ3n) is 2.79. The first-order valence-corrected chi connectivity index (χ1v) is 9.18. The molecule has 0 fully saturated rings. The molecule has 0 unspecified atom stereocenters. The Morgan fingerprint density at radius 2 is 0.769 bits per heavy atom. The Morgan fingerprint density at radius 3 is 0.974 bits per heavy atom. The third kappa shape index (κ3) is 30.8. The van der Waals surface area contributed by atoms with Gasteiger partial charge >= 0.3 is 48.6 Å². The van der Waals surface area contributed by atoms with Gasteiger partial charge in [0.2, 0.25) is 0 Å². The SMILES string of the molecule is C=CC(=O)OCC(F)(F)F.N.O=C(CN(CC(=O)OCC(F)(F)F)CC(=O)OCC(F)(F)F)OCC(F)(F)F. The summed E-state index contributed by atoms with van der Waals surface area (Å²) >= 11 is 0. The number of carbonyl (C=O) groups is 4. The van der Waals surface area contributed by atoms with E-state index in [1.807, 2.05) is 0 Å². The molecule has 0 heterocycles. The Bertz CT molecular complexity index is 718. The summed E-state index contributed by atoms with van der Waals surface area (Å²) in [6.45, 7) is -8.53. The van der Waals surface area contributed by atoms with Crippen LogP contribution in [0.5, 0.6) is 0 Å². The summed E-state index contributed by atoms with van der Waals surface area (Å²) in [4.78, 5) is 44.1. The van der Waals surface area contributed by atoms with Crippen LogP contribution in [-0.4, -0.2) is 99.5 Å². The Labute approximate surface area is 210 Å². The van der Waals surface area contributed by atoms with Gasteiger partial charge in [-0.3, -0.25) is 19.3 Å². The Balaban J connectivity index is -0.000000995. The monoisotopic (exact) mass is 608 g/mol. The zero-order valence-electron chi connectivity index (χ0n) is 19.2. The lowest BCUT2D eigenvalue weighted by molar-refractivity contribution is -0.192. The molecule has 0 bridgehead atoms. The van der Waals surface area contributed by atoms with Crippen molar-refractivity contribution in [2.75, 3.05) is 46.1 Å². The van der Waals surface area contributed by atoms with Crippen LogP contribution in [0.15, 0.2) is 12.7 Å². The highest BCUT2D eigenvalue weighted by Gasteiger charge is 2.33. The van der Waals surface area contributed by atoms with E-state index in [9.17, 15) is 71.9 Å². The molecule has 0 aliphatic rings. The van der Waals surface area contributed by atoms with Crippen molar-refractivity contribution >= 4 is 23.9 Å². The van der Waals surface area contributed by atoms with Gasteiger partial charge in [-0.15, -0.1) is 0 Å². The van der Waals surface area contributed by atoms with Crippen LogP contribution in [0.1, 0.15) is 0 Å². The van der Waals surface area contributed by atoms with Gasteiger partial charge in [0.15, 0.2) is 26.4 Å². The Hall–Kier alpha value is -3.30. The minimum absolute atomic E-state index is 0. The second kappa shape index (κ2) is 17.3. The second-order valence-electron chi connectivity index (χ2n) is 6.40. The van der Waals surface area contributed by atoms with Crippen LogP contribution in [0.2, 0.25) is 0 Å². The molecule has 0 aliphatic heterocycles. The van der Waals surface area contributed by atoms with Crippen molar-refractivity contribution in [1.82, 2.24) is 11.1 Å². The van der Waals surface area contributed by atoms with Crippen LogP contribution in [-0.2, 0) is 38.1 Å². The van der Waals surface area contributed by atoms with Gasteiger partial charge in [0, 0.05) is 6.08 Å². The Morgan fingerprint density at radius 1 is 0.538 bits per heavy atom. The molecular formula is C17H20F12N2O8. The van der Waals surface area contributed by atoms with E-state index < -0.39 is 94.6 Å². The van der Waals surface area contributed by atoms with E-state index in [2.05, 4.69) is 25.5 Å². The first kappa shape index (κ1) is 40.2. The molecule has 3 N–H and O–H groups in total. The normalized spacial score (nSPS) is 11.8. The van der Waals surface area contributed by atoms with Crippen molar-refractivity contribution in [2.24, 2.45) is 0 Å². The number of esters is 4. The van der Waals surface area contributed by atoms with Crippen LogP contribution >= 0.6 is 0 Å². The molecule has 0 amide bonds. The maximum absolute atomic E-state index is 11.9.